The Labute approximate surface area is 202 Å². The van der Waals surface area contributed by atoms with Crippen molar-refractivity contribution >= 4 is 39.7 Å². The zero-order chi connectivity index (χ0) is 23.1. The van der Waals surface area contributed by atoms with E-state index in [1.54, 1.807) is 6.21 Å². The number of hydrogen-bond acceptors (Lipinski definition) is 3. The van der Waals surface area contributed by atoms with Gasteiger partial charge in [0.1, 0.15) is 12.4 Å². The molecule has 0 radical (unpaired) electrons. The third-order valence-corrected chi connectivity index (χ3v) is 5.87. The van der Waals surface area contributed by atoms with E-state index in [1.807, 2.05) is 54.6 Å². The van der Waals surface area contributed by atoms with Crippen molar-refractivity contribution in [2.45, 2.75) is 39.2 Å². The van der Waals surface area contributed by atoms with E-state index in [1.165, 1.54) is 5.56 Å². The smallest absolute Gasteiger partial charge is 0.244 e. The van der Waals surface area contributed by atoms with Gasteiger partial charge in [0.05, 0.1) is 17.1 Å². The first-order chi connectivity index (χ1) is 15.2. The van der Waals surface area contributed by atoms with Crippen LogP contribution in [0, 0.1) is 0 Å². The van der Waals surface area contributed by atoms with Gasteiger partial charge in [-0.15, -0.1) is 0 Å². The van der Waals surface area contributed by atoms with Crippen molar-refractivity contribution < 1.29 is 9.53 Å². The number of benzene rings is 3. The Morgan fingerprint density at radius 3 is 2.47 bits per heavy atom. The average molecular weight is 514 g/mol. The maximum Gasteiger partial charge on any atom is 0.244 e. The molecule has 0 bridgehead atoms. The number of nitrogens with zero attached hydrogens (tertiary/aromatic N) is 1. The minimum Gasteiger partial charge on any atom is -0.488 e. The first-order valence-electron chi connectivity index (χ1n) is 10.3. The second-order valence-electron chi connectivity index (χ2n) is 8.49. The lowest BCUT2D eigenvalue weighted by Crippen LogP contribution is -2.20. The minimum atomic E-state index is -0.163. The lowest BCUT2D eigenvalue weighted by molar-refractivity contribution is -0.120. The molecule has 3 rings (SSSR count). The predicted octanol–water partition coefficient (Wildman–Crippen LogP) is 6.67. The number of ether oxygens (including phenoxy) is 1. The summed E-state index contributed by atoms with van der Waals surface area (Å²) in [6, 6.07) is 21.3. The van der Waals surface area contributed by atoms with Crippen LogP contribution in [-0.2, 0) is 23.2 Å². The Kier molecular flexibility index (Phi) is 8.10. The van der Waals surface area contributed by atoms with E-state index < -0.39 is 0 Å². The highest BCUT2D eigenvalue weighted by Crippen LogP contribution is 2.27. The topological polar surface area (TPSA) is 50.7 Å². The quantitative estimate of drug-likeness (QED) is 0.283. The van der Waals surface area contributed by atoms with Crippen LogP contribution < -0.4 is 10.2 Å². The monoisotopic (exact) mass is 512 g/mol. The van der Waals surface area contributed by atoms with Crippen LogP contribution in [0.4, 0.5) is 0 Å². The van der Waals surface area contributed by atoms with Crippen molar-refractivity contribution in [3.8, 4) is 5.75 Å². The molecule has 3 aromatic rings. The number of halogens is 2. The van der Waals surface area contributed by atoms with Crippen LogP contribution in [0.2, 0.25) is 5.02 Å². The third-order valence-electron chi connectivity index (χ3n) is 4.88. The second-order valence-corrected chi connectivity index (χ2v) is 9.75. The third kappa shape index (κ3) is 6.94. The van der Waals surface area contributed by atoms with Crippen LogP contribution in [-0.4, -0.2) is 12.1 Å². The average Bonchev–Trinajstić information content (AvgIpc) is 2.74. The molecule has 0 aromatic heterocycles. The number of hydrogen-bond donors (Lipinski definition) is 1. The van der Waals surface area contributed by atoms with Crippen molar-refractivity contribution in [1.82, 2.24) is 5.43 Å². The maximum atomic E-state index is 12.2. The number of carbonyl (C=O) groups is 1. The number of amides is 1. The summed E-state index contributed by atoms with van der Waals surface area (Å²) in [7, 11) is 0. The zero-order valence-electron chi connectivity index (χ0n) is 18.4. The Morgan fingerprint density at radius 2 is 1.81 bits per heavy atom. The largest absolute Gasteiger partial charge is 0.488 e. The van der Waals surface area contributed by atoms with Crippen molar-refractivity contribution in [3.05, 3.63) is 98.5 Å². The summed E-state index contributed by atoms with van der Waals surface area (Å²) in [5.41, 5.74) is 6.61. The van der Waals surface area contributed by atoms with Crippen molar-refractivity contribution in [1.29, 1.82) is 0 Å². The SMILES string of the molecule is CC(C)(C)c1ccc(CC(=O)N/N=C\c2ccc(OCc3ccccc3Cl)c(Br)c2)cc1. The van der Waals surface area contributed by atoms with Gasteiger partial charge >= 0.3 is 0 Å². The molecule has 0 saturated heterocycles. The second kappa shape index (κ2) is 10.8. The summed E-state index contributed by atoms with van der Waals surface area (Å²) < 4.78 is 6.64. The van der Waals surface area contributed by atoms with E-state index in [0.717, 1.165) is 21.2 Å². The molecule has 0 aliphatic heterocycles. The standard InChI is InChI=1S/C26H26BrClN2O2/c1-26(2,3)21-11-8-18(9-12-21)15-25(31)30-29-16-19-10-13-24(22(27)14-19)32-17-20-6-4-5-7-23(20)28/h4-14,16H,15,17H2,1-3H3,(H,30,31)/b29-16-. The summed E-state index contributed by atoms with van der Waals surface area (Å²) in [6.45, 7) is 6.87. The molecule has 1 N–H and O–H groups in total. The van der Waals surface area contributed by atoms with E-state index >= 15 is 0 Å². The minimum absolute atomic E-state index is 0.0918. The van der Waals surface area contributed by atoms with Gasteiger partial charge in [-0.3, -0.25) is 4.79 Å². The molecule has 0 aliphatic carbocycles. The summed E-state index contributed by atoms with van der Waals surface area (Å²) in [5, 5.41) is 4.74. The molecule has 1 amide bonds. The van der Waals surface area contributed by atoms with E-state index in [4.69, 9.17) is 16.3 Å². The highest BCUT2D eigenvalue weighted by molar-refractivity contribution is 9.10. The van der Waals surface area contributed by atoms with Crippen LogP contribution >= 0.6 is 27.5 Å². The van der Waals surface area contributed by atoms with Gasteiger partial charge in [-0.25, -0.2) is 5.43 Å². The molecule has 0 fully saturated rings. The maximum absolute atomic E-state index is 12.2. The molecule has 32 heavy (non-hydrogen) atoms. The zero-order valence-corrected chi connectivity index (χ0v) is 20.7. The highest BCUT2D eigenvalue weighted by atomic mass is 79.9. The van der Waals surface area contributed by atoms with Crippen LogP contribution in [0.3, 0.4) is 0 Å². The van der Waals surface area contributed by atoms with Gasteiger partial charge < -0.3 is 4.74 Å². The molecule has 0 atom stereocenters. The lowest BCUT2D eigenvalue weighted by atomic mass is 9.86. The van der Waals surface area contributed by atoms with E-state index in [9.17, 15) is 4.79 Å². The van der Waals surface area contributed by atoms with Crippen molar-refractivity contribution in [3.63, 3.8) is 0 Å². The Morgan fingerprint density at radius 1 is 1.09 bits per heavy atom. The Bertz CT molecular complexity index is 1110. The molecule has 0 aliphatic rings. The number of nitrogens with one attached hydrogen (secondary N) is 1. The summed E-state index contributed by atoms with van der Waals surface area (Å²) in [6.07, 6.45) is 1.88. The molecule has 6 heteroatoms. The first-order valence-corrected chi connectivity index (χ1v) is 11.5. The summed E-state index contributed by atoms with van der Waals surface area (Å²) in [5.74, 6) is 0.535. The van der Waals surface area contributed by atoms with E-state index in [-0.39, 0.29) is 17.7 Å². The van der Waals surface area contributed by atoms with Gasteiger partial charge in [-0.1, -0.05) is 74.8 Å². The molecule has 0 spiro atoms. The molecule has 0 saturated carbocycles. The normalized spacial score (nSPS) is 11.5. The van der Waals surface area contributed by atoms with E-state index in [2.05, 4.69) is 59.4 Å². The van der Waals surface area contributed by atoms with Gasteiger partial charge in [-0.2, -0.15) is 5.10 Å². The Balaban J connectivity index is 1.52. The fraction of sp³-hybridized carbons (Fsp3) is 0.231. The van der Waals surface area contributed by atoms with Gasteiger partial charge in [0.25, 0.3) is 0 Å². The molecular formula is C26H26BrClN2O2. The Hall–Kier alpha value is -2.63. The summed E-state index contributed by atoms with van der Waals surface area (Å²) >= 11 is 9.69. The fourth-order valence-corrected chi connectivity index (χ4v) is 3.71. The van der Waals surface area contributed by atoms with Gasteiger partial charge in [0.15, 0.2) is 0 Å². The molecule has 0 unspecified atom stereocenters. The number of carbonyl (C=O) groups excluding carboxylic acids is 1. The molecular weight excluding hydrogens is 488 g/mol. The highest BCUT2D eigenvalue weighted by Gasteiger charge is 2.13. The first kappa shape index (κ1) is 24.0. The predicted molar refractivity (Wildman–Crippen MR) is 135 cm³/mol. The fourth-order valence-electron chi connectivity index (χ4n) is 3.01. The molecule has 4 nitrogen and oxygen atoms in total. The molecule has 0 heterocycles. The molecule has 166 valence electrons. The van der Waals surface area contributed by atoms with Crippen LogP contribution in [0.25, 0.3) is 0 Å². The number of hydrazone groups is 1. The lowest BCUT2D eigenvalue weighted by Gasteiger charge is -2.19. The van der Waals surface area contributed by atoms with Crippen LogP contribution in [0.5, 0.6) is 5.75 Å². The van der Waals surface area contributed by atoms with E-state index in [0.29, 0.717) is 17.4 Å². The van der Waals surface area contributed by atoms with Crippen molar-refractivity contribution in [2.75, 3.05) is 0 Å². The van der Waals surface area contributed by atoms with Gasteiger partial charge in [-0.05, 0) is 62.3 Å². The van der Waals surface area contributed by atoms with Crippen LogP contribution in [0.1, 0.15) is 43.0 Å². The summed E-state index contributed by atoms with van der Waals surface area (Å²) in [4.78, 5) is 12.2. The molecule has 3 aromatic carbocycles. The van der Waals surface area contributed by atoms with Gasteiger partial charge in [0.2, 0.25) is 5.91 Å². The van der Waals surface area contributed by atoms with Crippen molar-refractivity contribution in [2.24, 2.45) is 5.10 Å². The van der Waals surface area contributed by atoms with Gasteiger partial charge in [0, 0.05) is 10.6 Å². The number of rotatable bonds is 7. The van der Waals surface area contributed by atoms with Crippen LogP contribution in [0.15, 0.2) is 76.3 Å².